The van der Waals surface area contributed by atoms with Crippen molar-refractivity contribution in [3.05, 3.63) is 42.1 Å². The number of hydrogen-bond acceptors (Lipinski definition) is 4. The van der Waals surface area contributed by atoms with Gasteiger partial charge in [0.05, 0.1) is 18.0 Å². The van der Waals surface area contributed by atoms with Crippen molar-refractivity contribution < 1.29 is 4.42 Å². The van der Waals surface area contributed by atoms with E-state index in [1.54, 1.807) is 6.26 Å². The average Bonchev–Trinajstić information content (AvgIpc) is 2.96. The number of furan rings is 1. The standard InChI is InChI=1S/C13H20N4O/c1-16(2)12(13-5-4-8-18-13)10-14-9-11-6-7-15-17(11)3/h4-8,12,14H,9-10H2,1-3H3. The normalized spacial score (nSPS) is 13.1. The SMILES string of the molecule is CN(C)C(CNCc1ccnn1C)c1ccco1. The van der Waals surface area contributed by atoms with E-state index < -0.39 is 0 Å². The molecule has 2 rings (SSSR count). The number of likely N-dealkylation sites (N-methyl/N-ethyl adjacent to an activating group) is 1. The van der Waals surface area contributed by atoms with Gasteiger partial charge in [0.15, 0.2) is 0 Å². The second-order valence-electron chi connectivity index (χ2n) is 4.57. The molecule has 0 aromatic carbocycles. The lowest BCUT2D eigenvalue weighted by atomic mass is 10.2. The van der Waals surface area contributed by atoms with Crippen molar-refractivity contribution in [3.63, 3.8) is 0 Å². The first kappa shape index (κ1) is 12.9. The molecule has 0 aliphatic carbocycles. The lowest BCUT2D eigenvalue weighted by Gasteiger charge is -2.22. The summed E-state index contributed by atoms with van der Waals surface area (Å²) in [5.74, 6) is 0.984. The molecule has 0 saturated heterocycles. The Morgan fingerprint density at radius 2 is 2.28 bits per heavy atom. The van der Waals surface area contributed by atoms with E-state index in [2.05, 4.69) is 29.4 Å². The van der Waals surface area contributed by atoms with Crippen LogP contribution in [0.4, 0.5) is 0 Å². The van der Waals surface area contributed by atoms with Crippen molar-refractivity contribution in [2.75, 3.05) is 20.6 Å². The number of aromatic nitrogens is 2. The molecule has 0 radical (unpaired) electrons. The highest BCUT2D eigenvalue weighted by Crippen LogP contribution is 2.17. The molecular weight excluding hydrogens is 228 g/mol. The lowest BCUT2D eigenvalue weighted by Crippen LogP contribution is -2.30. The quantitative estimate of drug-likeness (QED) is 0.839. The highest BCUT2D eigenvalue weighted by molar-refractivity contribution is 5.05. The highest BCUT2D eigenvalue weighted by Gasteiger charge is 2.16. The molecule has 0 bridgehead atoms. The molecule has 98 valence electrons. The van der Waals surface area contributed by atoms with Gasteiger partial charge in [-0.05, 0) is 32.3 Å². The number of aryl methyl sites for hydroxylation is 1. The molecule has 2 aromatic heterocycles. The number of hydrogen-bond donors (Lipinski definition) is 1. The van der Waals surface area contributed by atoms with Crippen LogP contribution in [0.25, 0.3) is 0 Å². The molecule has 1 N–H and O–H groups in total. The Morgan fingerprint density at radius 3 is 2.83 bits per heavy atom. The summed E-state index contributed by atoms with van der Waals surface area (Å²) in [6.45, 7) is 1.65. The molecule has 5 heteroatoms. The molecule has 0 aliphatic heterocycles. The number of rotatable bonds is 6. The minimum Gasteiger partial charge on any atom is -0.468 e. The minimum absolute atomic E-state index is 0.244. The summed E-state index contributed by atoms with van der Waals surface area (Å²) >= 11 is 0. The van der Waals surface area contributed by atoms with Crippen molar-refractivity contribution >= 4 is 0 Å². The lowest BCUT2D eigenvalue weighted by molar-refractivity contribution is 0.249. The maximum absolute atomic E-state index is 5.47. The Balaban J connectivity index is 1.89. The van der Waals surface area contributed by atoms with Gasteiger partial charge in [0.25, 0.3) is 0 Å². The molecule has 0 fully saturated rings. The Kier molecular flexibility index (Phi) is 4.17. The van der Waals surface area contributed by atoms with Gasteiger partial charge < -0.3 is 9.73 Å². The second-order valence-corrected chi connectivity index (χ2v) is 4.57. The van der Waals surface area contributed by atoms with E-state index in [0.717, 1.165) is 18.8 Å². The third-order valence-corrected chi connectivity index (χ3v) is 3.06. The molecule has 0 spiro atoms. The zero-order valence-electron chi connectivity index (χ0n) is 11.1. The van der Waals surface area contributed by atoms with Crippen LogP contribution in [0.1, 0.15) is 17.5 Å². The fourth-order valence-electron chi connectivity index (χ4n) is 1.93. The molecule has 1 atom stereocenters. The fraction of sp³-hybridized carbons (Fsp3) is 0.462. The van der Waals surface area contributed by atoms with Crippen LogP contribution in [0.5, 0.6) is 0 Å². The van der Waals surface area contributed by atoms with Gasteiger partial charge >= 0.3 is 0 Å². The van der Waals surface area contributed by atoms with Gasteiger partial charge in [-0.15, -0.1) is 0 Å². The monoisotopic (exact) mass is 248 g/mol. The van der Waals surface area contributed by atoms with Gasteiger partial charge in [0.2, 0.25) is 0 Å². The molecule has 5 nitrogen and oxygen atoms in total. The molecule has 1 unspecified atom stereocenters. The van der Waals surface area contributed by atoms with Crippen molar-refractivity contribution in [1.82, 2.24) is 20.0 Å². The average molecular weight is 248 g/mol. The van der Waals surface area contributed by atoms with E-state index in [0.29, 0.717) is 0 Å². The summed E-state index contributed by atoms with van der Waals surface area (Å²) in [6, 6.07) is 6.20. The van der Waals surface area contributed by atoms with Gasteiger partial charge in [-0.2, -0.15) is 5.10 Å². The minimum atomic E-state index is 0.244. The molecule has 0 aliphatic rings. The predicted octanol–water partition coefficient (Wildman–Crippen LogP) is 1.41. The third-order valence-electron chi connectivity index (χ3n) is 3.06. The van der Waals surface area contributed by atoms with E-state index >= 15 is 0 Å². The Labute approximate surface area is 107 Å². The van der Waals surface area contributed by atoms with Gasteiger partial charge in [0, 0.05) is 26.3 Å². The van der Waals surface area contributed by atoms with Gasteiger partial charge in [-0.1, -0.05) is 0 Å². The first-order chi connectivity index (χ1) is 8.68. The molecule has 0 saturated carbocycles. The van der Waals surface area contributed by atoms with Crippen LogP contribution in [0.15, 0.2) is 35.1 Å². The van der Waals surface area contributed by atoms with Crippen LogP contribution in [0.2, 0.25) is 0 Å². The van der Waals surface area contributed by atoms with E-state index in [-0.39, 0.29) is 6.04 Å². The Morgan fingerprint density at radius 1 is 1.44 bits per heavy atom. The molecule has 18 heavy (non-hydrogen) atoms. The topological polar surface area (TPSA) is 46.2 Å². The zero-order valence-corrected chi connectivity index (χ0v) is 11.1. The van der Waals surface area contributed by atoms with Crippen molar-refractivity contribution in [2.45, 2.75) is 12.6 Å². The Bertz CT molecular complexity index is 461. The first-order valence-electron chi connectivity index (χ1n) is 6.06. The summed E-state index contributed by atoms with van der Waals surface area (Å²) < 4.78 is 7.35. The summed E-state index contributed by atoms with van der Waals surface area (Å²) in [7, 11) is 6.06. The second kappa shape index (κ2) is 5.84. The number of nitrogens with zero attached hydrogens (tertiary/aromatic N) is 3. The maximum Gasteiger partial charge on any atom is 0.122 e. The summed E-state index contributed by atoms with van der Waals surface area (Å²) in [5.41, 5.74) is 1.17. The van der Waals surface area contributed by atoms with Crippen molar-refractivity contribution in [3.8, 4) is 0 Å². The molecule has 2 heterocycles. The fourth-order valence-corrected chi connectivity index (χ4v) is 1.93. The smallest absolute Gasteiger partial charge is 0.122 e. The molecule has 0 amide bonds. The van der Waals surface area contributed by atoms with Gasteiger partial charge in [-0.25, -0.2) is 0 Å². The van der Waals surface area contributed by atoms with E-state index in [1.807, 2.05) is 36.1 Å². The van der Waals surface area contributed by atoms with E-state index in [1.165, 1.54) is 5.69 Å². The zero-order chi connectivity index (χ0) is 13.0. The van der Waals surface area contributed by atoms with E-state index in [4.69, 9.17) is 4.42 Å². The maximum atomic E-state index is 5.47. The highest BCUT2D eigenvalue weighted by atomic mass is 16.3. The van der Waals surface area contributed by atoms with Crippen molar-refractivity contribution in [1.29, 1.82) is 0 Å². The third kappa shape index (κ3) is 3.00. The van der Waals surface area contributed by atoms with Crippen LogP contribution in [-0.2, 0) is 13.6 Å². The largest absolute Gasteiger partial charge is 0.468 e. The summed E-state index contributed by atoms with van der Waals surface area (Å²) in [5, 5.41) is 7.58. The summed E-state index contributed by atoms with van der Waals surface area (Å²) in [4.78, 5) is 2.15. The van der Waals surface area contributed by atoms with Gasteiger partial charge in [-0.3, -0.25) is 9.58 Å². The van der Waals surface area contributed by atoms with Crippen LogP contribution in [0.3, 0.4) is 0 Å². The van der Waals surface area contributed by atoms with Crippen LogP contribution in [0, 0.1) is 0 Å². The van der Waals surface area contributed by atoms with Crippen LogP contribution >= 0.6 is 0 Å². The van der Waals surface area contributed by atoms with E-state index in [9.17, 15) is 0 Å². The molecule has 2 aromatic rings. The van der Waals surface area contributed by atoms with Crippen molar-refractivity contribution in [2.24, 2.45) is 7.05 Å². The van der Waals surface area contributed by atoms with Gasteiger partial charge in [0.1, 0.15) is 5.76 Å². The predicted molar refractivity (Wildman–Crippen MR) is 70.1 cm³/mol. The Hall–Kier alpha value is -1.59. The molecular formula is C13H20N4O. The first-order valence-corrected chi connectivity index (χ1v) is 6.06. The van der Waals surface area contributed by atoms with Crippen LogP contribution < -0.4 is 5.32 Å². The number of nitrogens with one attached hydrogen (secondary N) is 1. The summed E-state index contributed by atoms with van der Waals surface area (Å²) in [6.07, 6.45) is 3.53. The van der Waals surface area contributed by atoms with Crippen LogP contribution in [-0.4, -0.2) is 35.3 Å².